The monoisotopic (exact) mass is 1080 g/mol. The summed E-state index contributed by atoms with van der Waals surface area (Å²) in [6.07, 6.45) is 4.83. The third-order valence-electron chi connectivity index (χ3n) is 9.92. The zero-order chi connectivity index (χ0) is 47.0. The molecule has 8 aromatic carbocycles. The van der Waals surface area contributed by atoms with Crippen LogP contribution in [-0.2, 0) is 27.4 Å². The number of benzene rings is 8. The van der Waals surface area contributed by atoms with Crippen molar-refractivity contribution in [3.63, 3.8) is 0 Å². The van der Waals surface area contributed by atoms with Crippen molar-refractivity contribution < 1.29 is 43.5 Å². The van der Waals surface area contributed by atoms with Gasteiger partial charge in [-0.2, -0.15) is 13.2 Å². The average Bonchev–Trinajstić information content (AvgIpc) is 3.37. The first-order chi connectivity index (χ1) is 32.1. The average molecular weight is 1080 g/mol. The van der Waals surface area contributed by atoms with Gasteiger partial charge in [0.05, 0.1) is 0 Å². The zero-order valence-electron chi connectivity index (χ0n) is 35.7. The number of rotatable bonds is 14. The largest absolute Gasteiger partial charge is 0.0622 e. The molecule has 0 aliphatic heterocycles. The summed E-state index contributed by atoms with van der Waals surface area (Å²) in [5.41, 5.74) is -5.65. The summed E-state index contributed by atoms with van der Waals surface area (Å²) in [5, 5.41) is 11.8. The summed E-state index contributed by atoms with van der Waals surface area (Å²) in [6, 6.07) is 88.4. The third kappa shape index (κ3) is 17.0. The van der Waals surface area contributed by atoms with E-state index in [9.17, 15) is 13.2 Å². The second kappa shape index (κ2) is 28.4. The molecule has 0 bridgehead atoms. The minimum absolute atomic E-state index is 0.348. The molecular weight excluding hydrogens is 1030 g/mol. The summed E-state index contributed by atoms with van der Waals surface area (Å²) in [4.78, 5) is 0. The van der Waals surface area contributed by atoms with Gasteiger partial charge in [0, 0.05) is 0 Å². The molecule has 0 atom stereocenters. The van der Waals surface area contributed by atoms with Crippen LogP contribution in [0.4, 0.5) is 13.2 Å². The Bertz CT molecular complexity index is 2150. The SMILES string of the molecule is O=S(=O)([O-])C(F)(F)F.[Cl][Ru+].c1ccc(P(CCP(c2ccccc2)c2ccccc2)c2ccccc2)cc1.c1ccc(P(CCP(c2ccccc2)c2ccccc2)c2ccccc2)cc1. The van der Waals surface area contributed by atoms with E-state index in [2.05, 4.69) is 252 Å². The zero-order valence-corrected chi connectivity index (χ0v) is 42.6. The normalized spacial score (nSPS) is 11.2. The molecule has 8 rings (SSSR count). The van der Waals surface area contributed by atoms with Gasteiger partial charge in [-0.15, -0.1) is 0 Å². The van der Waals surface area contributed by atoms with E-state index in [1.807, 2.05) is 17.3 Å². The minimum Gasteiger partial charge on any atom is -0.0622 e. The van der Waals surface area contributed by atoms with Gasteiger partial charge in [-0.1, -0.05) is 243 Å². The van der Waals surface area contributed by atoms with Crippen LogP contribution in [0, 0.1) is 0 Å². The third-order valence-corrected chi connectivity index (χ3v) is 21.2. The quantitative estimate of drug-likeness (QED) is 0.0472. The van der Waals surface area contributed by atoms with Gasteiger partial charge in [0.25, 0.3) is 0 Å². The van der Waals surface area contributed by atoms with Crippen LogP contribution < -0.4 is 42.4 Å². The van der Waals surface area contributed by atoms with E-state index in [1.165, 1.54) is 67.1 Å². The van der Waals surface area contributed by atoms with Crippen LogP contribution >= 0.6 is 41.4 Å². The molecule has 0 saturated heterocycles. The summed E-state index contributed by atoms with van der Waals surface area (Å²) in [5.74, 6) is 0. The molecule has 0 aromatic heterocycles. The van der Waals surface area contributed by atoms with Crippen LogP contribution in [0.15, 0.2) is 243 Å². The second-order valence-corrected chi connectivity index (χ2v) is 24.9. The Morgan fingerprint density at radius 1 is 0.333 bits per heavy atom. The van der Waals surface area contributed by atoms with Crippen LogP contribution in [0.25, 0.3) is 0 Å². The van der Waals surface area contributed by atoms with Crippen LogP contribution in [0.5, 0.6) is 0 Å². The van der Waals surface area contributed by atoms with Gasteiger partial charge in [-0.3, -0.25) is 0 Å². The summed E-state index contributed by atoms with van der Waals surface area (Å²) >= 11 is 1.82. The van der Waals surface area contributed by atoms with Gasteiger partial charge in [0.1, 0.15) is 0 Å². The van der Waals surface area contributed by atoms with Gasteiger partial charge in [-0.05, 0) is 98.8 Å². The molecule has 0 heterocycles. The first-order valence-corrected chi connectivity index (χ1v) is 30.5. The van der Waals surface area contributed by atoms with Gasteiger partial charge in [-0.25, -0.2) is 8.42 Å². The van der Waals surface area contributed by atoms with Gasteiger partial charge in [0.15, 0.2) is 10.1 Å². The maximum atomic E-state index is 10.7. The standard InChI is InChI=1S/2C26H24P2.CHF3O3S.ClH.Ru/c2*1-5-13-23(14-6-1)27(24-15-7-2-8-16-24)21-22-28(25-17-9-3-10-18-25)26-19-11-4-12-20-26;2-1(3,4)8(5,6)7;;/h2*1-20H,21-22H2;(H,5,6,7);1H;/q;;;;+2/p-2. The van der Waals surface area contributed by atoms with E-state index in [4.69, 9.17) is 13.0 Å². The van der Waals surface area contributed by atoms with E-state index in [0.717, 1.165) is 0 Å². The fraction of sp³-hybridized carbons (Fsp3) is 0.0943. The number of alkyl halides is 3. The molecule has 0 unspecified atom stereocenters. The minimum atomic E-state index is -6.09. The Hall–Kier alpha value is -3.91. The van der Waals surface area contributed by atoms with Gasteiger partial charge >= 0.3 is 32.5 Å². The van der Waals surface area contributed by atoms with Crippen molar-refractivity contribution in [2.24, 2.45) is 0 Å². The number of hydrogen-bond acceptors (Lipinski definition) is 3. The number of halogens is 4. The Morgan fingerprint density at radius 2 is 0.439 bits per heavy atom. The van der Waals surface area contributed by atoms with Crippen molar-refractivity contribution in [3.05, 3.63) is 243 Å². The van der Waals surface area contributed by atoms with Crippen molar-refractivity contribution in [1.82, 2.24) is 0 Å². The second-order valence-electron chi connectivity index (χ2n) is 14.2. The van der Waals surface area contributed by atoms with Crippen LogP contribution in [0.1, 0.15) is 0 Å². The van der Waals surface area contributed by atoms with Gasteiger partial charge < -0.3 is 4.55 Å². The van der Waals surface area contributed by atoms with Crippen molar-refractivity contribution in [1.29, 1.82) is 0 Å². The Labute approximate surface area is 407 Å². The molecule has 8 aromatic rings. The maximum Gasteiger partial charge on any atom is -0.0195 e. The van der Waals surface area contributed by atoms with Crippen LogP contribution in [-0.4, -0.2) is 43.1 Å². The van der Waals surface area contributed by atoms with E-state index in [-0.39, 0.29) is 31.7 Å². The maximum absolute atomic E-state index is 10.7. The van der Waals surface area contributed by atoms with Gasteiger partial charge in [0.2, 0.25) is 0 Å². The summed E-state index contributed by atoms with van der Waals surface area (Å²) in [7, 11) is -2.91. The van der Waals surface area contributed by atoms with E-state index in [1.54, 1.807) is 0 Å². The molecule has 0 aliphatic rings. The molecule has 340 valence electrons. The fourth-order valence-corrected chi connectivity index (χ4v) is 17.6. The molecular formula is C53H48ClF3O3P4RuS. The molecule has 13 heteroatoms. The number of hydrogen-bond donors (Lipinski definition) is 0. The predicted molar refractivity (Wildman–Crippen MR) is 277 cm³/mol. The fourth-order valence-electron chi connectivity index (χ4n) is 6.89. The van der Waals surface area contributed by atoms with Crippen molar-refractivity contribution in [2.45, 2.75) is 5.51 Å². The molecule has 3 nitrogen and oxygen atoms in total. The van der Waals surface area contributed by atoms with E-state index >= 15 is 0 Å². The molecule has 0 radical (unpaired) electrons. The molecule has 0 fully saturated rings. The van der Waals surface area contributed by atoms with E-state index in [0.29, 0.717) is 0 Å². The smallest absolute Gasteiger partial charge is 0.0195 e. The van der Waals surface area contributed by atoms with Crippen LogP contribution in [0.3, 0.4) is 0 Å². The molecule has 0 amide bonds. The van der Waals surface area contributed by atoms with Crippen molar-refractivity contribution in [3.8, 4) is 0 Å². The summed E-state index contributed by atoms with van der Waals surface area (Å²) in [6.45, 7) is 0. The van der Waals surface area contributed by atoms with Crippen LogP contribution in [0.2, 0.25) is 0 Å². The summed E-state index contributed by atoms with van der Waals surface area (Å²) < 4.78 is 58.9. The topological polar surface area (TPSA) is 57.2 Å². The van der Waals surface area contributed by atoms with Crippen molar-refractivity contribution >= 4 is 93.9 Å². The predicted octanol–water partition coefficient (Wildman–Crippen LogP) is 11.2. The first kappa shape index (κ1) is 53.1. The molecule has 66 heavy (non-hydrogen) atoms. The van der Waals surface area contributed by atoms with E-state index < -0.39 is 15.6 Å². The Balaban J connectivity index is 0.000000206. The molecule has 0 spiro atoms. The first-order valence-electron chi connectivity index (χ1n) is 20.7. The Kier molecular flexibility index (Phi) is 22.9. The Morgan fingerprint density at radius 3 is 0.530 bits per heavy atom. The molecule has 0 aliphatic carbocycles. The molecule has 0 N–H and O–H groups in total. The molecule has 0 saturated carbocycles. The van der Waals surface area contributed by atoms with Crippen molar-refractivity contribution in [2.75, 3.05) is 24.6 Å².